The van der Waals surface area contributed by atoms with Crippen LogP contribution in [0.25, 0.3) is 0 Å². The lowest BCUT2D eigenvalue weighted by Crippen LogP contribution is -2.24. The average molecular weight is 419 g/mol. The van der Waals surface area contributed by atoms with Crippen molar-refractivity contribution in [2.24, 2.45) is 0 Å². The Balaban J connectivity index is 2.16. The fraction of sp³-hybridized carbons (Fsp3) is 0.409. The lowest BCUT2D eigenvalue weighted by Gasteiger charge is -2.20. The Labute approximate surface area is 173 Å². The maximum atomic E-state index is 12.4. The summed E-state index contributed by atoms with van der Waals surface area (Å²) in [5, 5.41) is 2.77. The van der Waals surface area contributed by atoms with Gasteiger partial charge >= 0.3 is 0 Å². The van der Waals surface area contributed by atoms with Crippen molar-refractivity contribution in [1.82, 2.24) is 4.31 Å². The van der Waals surface area contributed by atoms with Crippen molar-refractivity contribution in [1.29, 1.82) is 0 Å². The summed E-state index contributed by atoms with van der Waals surface area (Å²) >= 11 is 0. The van der Waals surface area contributed by atoms with Crippen molar-refractivity contribution < 1.29 is 17.9 Å². The highest BCUT2D eigenvalue weighted by atomic mass is 32.2. The van der Waals surface area contributed by atoms with Gasteiger partial charge < -0.3 is 10.1 Å². The first-order chi connectivity index (χ1) is 13.3. The van der Waals surface area contributed by atoms with Gasteiger partial charge in [-0.25, -0.2) is 12.7 Å². The number of carbonyl (C=O) groups excluding carboxylic acids is 1. The molecule has 29 heavy (non-hydrogen) atoms. The van der Waals surface area contributed by atoms with Crippen LogP contribution in [0.1, 0.15) is 37.5 Å². The molecule has 158 valence electrons. The molecule has 0 saturated carbocycles. The molecule has 0 spiro atoms. The van der Waals surface area contributed by atoms with Crippen molar-refractivity contribution in [3.05, 3.63) is 53.1 Å². The largest absolute Gasteiger partial charge is 0.484 e. The molecule has 1 N–H and O–H groups in total. The average Bonchev–Trinajstić information content (AvgIpc) is 2.63. The second-order valence-corrected chi connectivity index (χ2v) is 10.5. The molecular formula is C22H30N2O4S. The summed E-state index contributed by atoms with van der Waals surface area (Å²) in [7, 11) is -0.649. The number of hydrogen-bond acceptors (Lipinski definition) is 4. The van der Waals surface area contributed by atoms with Gasteiger partial charge in [-0.05, 0) is 60.2 Å². The van der Waals surface area contributed by atoms with Crippen LogP contribution in [0.3, 0.4) is 0 Å². The van der Waals surface area contributed by atoms with Gasteiger partial charge in [0, 0.05) is 19.8 Å². The van der Waals surface area contributed by atoms with Crippen molar-refractivity contribution in [3.8, 4) is 5.75 Å². The van der Waals surface area contributed by atoms with Crippen LogP contribution in [0.15, 0.2) is 41.3 Å². The molecule has 1 amide bonds. The van der Waals surface area contributed by atoms with E-state index in [4.69, 9.17) is 4.74 Å². The minimum atomic E-state index is -3.60. The lowest BCUT2D eigenvalue weighted by atomic mass is 9.87. The minimum Gasteiger partial charge on any atom is -0.484 e. The van der Waals surface area contributed by atoms with Gasteiger partial charge in [0.1, 0.15) is 5.75 Å². The second kappa shape index (κ2) is 8.55. The van der Waals surface area contributed by atoms with Gasteiger partial charge in [-0.3, -0.25) is 4.79 Å². The van der Waals surface area contributed by atoms with E-state index in [1.54, 1.807) is 6.07 Å². The molecule has 7 heteroatoms. The zero-order valence-electron chi connectivity index (χ0n) is 18.2. The van der Waals surface area contributed by atoms with Crippen molar-refractivity contribution in [3.63, 3.8) is 0 Å². The lowest BCUT2D eigenvalue weighted by molar-refractivity contribution is -0.118. The third kappa shape index (κ3) is 5.58. The van der Waals surface area contributed by atoms with Crippen LogP contribution in [-0.2, 0) is 20.2 Å². The number of sulfonamides is 1. The number of ether oxygens (including phenoxy) is 1. The molecule has 0 aromatic heterocycles. The van der Waals surface area contributed by atoms with E-state index in [0.717, 1.165) is 21.0 Å². The first-order valence-electron chi connectivity index (χ1n) is 9.39. The Morgan fingerprint density at radius 1 is 1.10 bits per heavy atom. The van der Waals surface area contributed by atoms with E-state index in [2.05, 4.69) is 26.1 Å². The number of aryl methyl sites for hydroxylation is 1. The van der Waals surface area contributed by atoms with E-state index in [1.807, 2.05) is 38.1 Å². The predicted molar refractivity (Wildman–Crippen MR) is 116 cm³/mol. The van der Waals surface area contributed by atoms with Gasteiger partial charge in [-0.2, -0.15) is 0 Å². The van der Waals surface area contributed by atoms with Gasteiger partial charge in [-0.15, -0.1) is 0 Å². The van der Waals surface area contributed by atoms with Crippen LogP contribution in [0.4, 0.5) is 5.69 Å². The Bertz CT molecular complexity index is 1010. The van der Waals surface area contributed by atoms with Crippen molar-refractivity contribution in [2.75, 3.05) is 26.0 Å². The molecule has 0 aliphatic carbocycles. The molecule has 0 saturated heterocycles. The number of nitrogens with zero attached hydrogens (tertiary/aromatic N) is 1. The summed E-state index contributed by atoms with van der Waals surface area (Å²) < 4.78 is 31.7. The number of anilines is 1. The molecule has 0 heterocycles. The molecule has 0 unspecified atom stereocenters. The molecule has 0 aliphatic rings. The number of carbonyl (C=O) groups is 1. The standard InChI is InChI=1S/C22H30N2O4S/c1-15-11-19(29(26,27)24(6)7)13-20(16(15)2)23-21(25)14-28-18-10-8-9-17(12-18)22(3,4)5/h8-13H,14H2,1-7H3,(H,23,25). The highest BCUT2D eigenvalue weighted by Gasteiger charge is 2.20. The third-order valence-corrected chi connectivity index (χ3v) is 6.56. The topological polar surface area (TPSA) is 75.7 Å². The monoisotopic (exact) mass is 418 g/mol. The zero-order valence-corrected chi connectivity index (χ0v) is 19.0. The Morgan fingerprint density at radius 2 is 1.76 bits per heavy atom. The van der Waals surface area contributed by atoms with Crippen LogP contribution in [0.2, 0.25) is 0 Å². The zero-order chi connectivity index (χ0) is 22.0. The fourth-order valence-electron chi connectivity index (χ4n) is 2.70. The Morgan fingerprint density at radius 3 is 2.34 bits per heavy atom. The van der Waals surface area contributed by atoms with Gasteiger partial charge in [0.15, 0.2) is 6.61 Å². The van der Waals surface area contributed by atoms with Gasteiger partial charge in [0.2, 0.25) is 10.0 Å². The van der Waals surface area contributed by atoms with Crippen LogP contribution in [-0.4, -0.2) is 39.3 Å². The molecule has 2 aromatic rings. The molecule has 2 rings (SSSR count). The summed E-state index contributed by atoms with van der Waals surface area (Å²) in [6, 6.07) is 10.7. The van der Waals surface area contributed by atoms with E-state index < -0.39 is 10.0 Å². The molecule has 0 aliphatic heterocycles. The van der Waals surface area contributed by atoms with E-state index in [-0.39, 0.29) is 22.8 Å². The maximum absolute atomic E-state index is 12.4. The smallest absolute Gasteiger partial charge is 0.262 e. The van der Waals surface area contributed by atoms with E-state index in [9.17, 15) is 13.2 Å². The fourth-order valence-corrected chi connectivity index (χ4v) is 3.72. The summed E-state index contributed by atoms with van der Waals surface area (Å²) in [6.45, 7) is 9.81. The van der Waals surface area contributed by atoms with Crippen molar-refractivity contribution in [2.45, 2.75) is 44.9 Å². The maximum Gasteiger partial charge on any atom is 0.262 e. The quantitative estimate of drug-likeness (QED) is 0.773. The van der Waals surface area contributed by atoms with E-state index in [1.165, 1.54) is 20.2 Å². The van der Waals surface area contributed by atoms with E-state index >= 15 is 0 Å². The summed E-state index contributed by atoms with van der Waals surface area (Å²) in [5.41, 5.74) is 3.15. The van der Waals surface area contributed by atoms with Gasteiger partial charge in [0.05, 0.1) is 4.90 Å². The number of benzene rings is 2. The summed E-state index contributed by atoms with van der Waals surface area (Å²) in [6.07, 6.45) is 0. The third-order valence-electron chi connectivity index (χ3n) is 4.76. The minimum absolute atomic E-state index is 0.0192. The number of rotatable bonds is 6. The SMILES string of the molecule is Cc1cc(S(=O)(=O)N(C)C)cc(NC(=O)COc2cccc(C(C)(C)C)c2)c1C. The normalized spacial score (nSPS) is 12.1. The van der Waals surface area contributed by atoms with E-state index in [0.29, 0.717) is 11.4 Å². The first-order valence-corrected chi connectivity index (χ1v) is 10.8. The highest BCUT2D eigenvalue weighted by Crippen LogP contribution is 2.27. The Kier molecular flexibility index (Phi) is 6.75. The van der Waals surface area contributed by atoms with Gasteiger partial charge in [-0.1, -0.05) is 32.9 Å². The molecule has 0 atom stereocenters. The van der Waals surface area contributed by atoms with Gasteiger partial charge in [0.25, 0.3) is 5.91 Å². The van der Waals surface area contributed by atoms with Crippen LogP contribution >= 0.6 is 0 Å². The predicted octanol–water partition coefficient (Wildman–Crippen LogP) is 3.87. The molecular weight excluding hydrogens is 388 g/mol. The molecule has 2 aromatic carbocycles. The number of hydrogen-bond donors (Lipinski definition) is 1. The van der Waals surface area contributed by atoms with Crippen molar-refractivity contribution >= 4 is 21.6 Å². The van der Waals surface area contributed by atoms with Crippen LogP contribution < -0.4 is 10.1 Å². The summed E-state index contributed by atoms with van der Waals surface area (Å²) in [4.78, 5) is 12.6. The molecule has 0 radical (unpaired) electrons. The molecule has 0 bridgehead atoms. The van der Waals surface area contributed by atoms with Crippen LogP contribution in [0, 0.1) is 13.8 Å². The molecule has 0 fully saturated rings. The molecule has 6 nitrogen and oxygen atoms in total. The number of amides is 1. The number of nitrogens with one attached hydrogen (secondary N) is 1. The Hall–Kier alpha value is -2.38. The first kappa shape index (κ1) is 22.9. The second-order valence-electron chi connectivity index (χ2n) is 8.31. The highest BCUT2D eigenvalue weighted by molar-refractivity contribution is 7.89. The van der Waals surface area contributed by atoms with Crippen LogP contribution in [0.5, 0.6) is 5.75 Å². The summed E-state index contributed by atoms with van der Waals surface area (Å²) in [5.74, 6) is 0.262.